The fourth-order valence-electron chi connectivity index (χ4n) is 4.25. The lowest BCUT2D eigenvalue weighted by atomic mass is 9.72. The van der Waals surface area contributed by atoms with Gasteiger partial charge in [-0.1, -0.05) is 17.7 Å². The molecule has 3 unspecified atom stereocenters. The standard InChI is InChI=1S/C25H32O14S/c1-13-7-9-19(10-8-13)40(32,33)39-24-22(37-17(5)29)20(35-15(3)27)21(36-16(4)28)23(38-18(6)30)25(24,31)11-12-34-14(2)26/h7-10,20-24,31H,11-12H2,1-6H3/t20-,21?,22?,23?,24-,25+/m0/s1. The van der Waals surface area contributed by atoms with Gasteiger partial charge in [0.1, 0.15) is 5.60 Å². The first-order valence-electron chi connectivity index (χ1n) is 12.0. The van der Waals surface area contributed by atoms with Crippen LogP contribution in [-0.2, 0) is 62.0 Å². The summed E-state index contributed by atoms with van der Waals surface area (Å²) >= 11 is 0. The lowest BCUT2D eigenvalue weighted by Gasteiger charge is -2.52. The van der Waals surface area contributed by atoms with E-state index in [0.29, 0.717) is 0 Å². The number of carbonyl (C=O) groups excluding carboxylic acids is 5. The van der Waals surface area contributed by atoms with E-state index in [-0.39, 0.29) is 4.90 Å². The topological polar surface area (TPSA) is 195 Å². The highest BCUT2D eigenvalue weighted by Gasteiger charge is 2.66. The van der Waals surface area contributed by atoms with Crippen molar-refractivity contribution in [2.24, 2.45) is 0 Å². The summed E-state index contributed by atoms with van der Waals surface area (Å²) < 4.78 is 58.3. The lowest BCUT2D eigenvalue weighted by molar-refractivity contribution is -0.280. The van der Waals surface area contributed by atoms with Crippen LogP contribution in [0.1, 0.15) is 46.6 Å². The molecule has 2 rings (SSSR count). The zero-order valence-electron chi connectivity index (χ0n) is 22.8. The lowest BCUT2D eigenvalue weighted by Crippen LogP contribution is -2.74. The highest BCUT2D eigenvalue weighted by atomic mass is 32.2. The van der Waals surface area contributed by atoms with Crippen LogP contribution < -0.4 is 0 Å². The van der Waals surface area contributed by atoms with Crippen molar-refractivity contribution in [3.05, 3.63) is 29.8 Å². The van der Waals surface area contributed by atoms with E-state index in [2.05, 4.69) is 0 Å². The molecule has 0 heterocycles. The van der Waals surface area contributed by atoms with Gasteiger partial charge < -0.3 is 28.8 Å². The van der Waals surface area contributed by atoms with Crippen LogP contribution in [0.5, 0.6) is 0 Å². The maximum absolute atomic E-state index is 13.4. The minimum atomic E-state index is -4.75. The number of ether oxygens (including phenoxy) is 5. The fourth-order valence-corrected chi connectivity index (χ4v) is 5.38. The predicted molar refractivity (Wildman–Crippen MR) is 132 cm³/mol. The van der Waals surface area contributed by atoms with Gasteiger partial charge in [0, 0.05) is 41.0 Å². The van der Waals surface area contributed by atoms with Crippen LogP contribution in [0.2, 0.25) is 0 Å². The Kier molecular flexibility index (Phi) is 10.8. The zero-order valence-corrected chi connectivity index (χ0v) is 23.6. The van der Waals surface area contributed by atoms with Gasteiger partial charge in [0.25, 0.3) is 10.1 Å². The van der Waals surface area contributed by atoms with Crippen LogP contribution in [0.3, 0.4) is 0 Å². The van der Waals surface area contributed by atoms with Crippen molar-refractivity contribution in [3.8, 4) is 0 Å². The number of aliphatic hydroxyl groups is 1. The van der Waals surface area contributed by atoms with Crippen molar-refractivity contribution in [2.75, 3.05) is 6.61 Å². The number of hydrogen-bond donors (Lipinski definition) is 1. The van der Waals surface area contributed by atoms with Gasteiger partial charge in [0.2, 0.25) is 0 Å². The van der Waals surface area contributed by atoms with Crippen LogP contribution in [0.15, 0.2) is 29.2 Å². The van der Waals surface area contributed by atoms with Crippen LogP contribution >= 0.6 is 0 Å². The van der Waals surface area contributed by atoms with E-state index < -0.39 is 89.1 Å². The van der Waals surface area contributed by atoms with E-state index in [1.54, 1.807) is 6.92 Å². The van der Waals surface area contributed by atoms with Crippen LogP contribution in [-0.4, -0.2) is 86.1 Å². The van der Waals surface area contributed by atoms with E-state index in [1.165, 1.54) is 24.3 Å². The number of esters is 5. The highest BCUT2D eigenvalue weighted by Crippen LogP contribution is 2.42. The molecule has 40 heavy (non-hydrogen) atoms. The third kappa shape index (κ3) is 8.22. The van der Waals surface area contributed by atoms with Gasteiger partial charge in [-0.2, -0.15) is 8.42 Å². The van der Waals surface area contributed by atoms with Gasteiger partial charge in [0.15, 0.2) is 30.5 Å². The average Bonchev–Trinajstić information content (AvgIpc) is 2.80. The Morgan fingerprint density at radius 1 is 0.725 bits per heavy atom. The Labute approximate surface area is 230 Å². The first-order chi connectivity index (χ1) is 18.5. The van der Waals surface area contributed by atoms with Crippen molar-refractivity contribution in [1.29, 1.82) is 0 Å². The van der Waals surface area contributed by atoms with Crippen LogP contribution in [0.25, 0.3) is 0 Å². The molecule has 0 bridgehead atoms. The van der Waals surface area contributed by atoms with Crippen molar-refractivity contribution in [1.82, 2.24) is 0 Å². The van der Waals surface area contributed by atoms with Gasteiger partial charge in [-0.05, 0) is 19.1 Å². The van der Waals surface area contributed by atoms with E-state index in [1.807, 2.05) is 0 Å². The summed E-state index contributed by atoms with van der Waals surface area (Å²) in [5, 5.41) is 12.0. The Balaban J connectivity index is 2.83. The molecule has 0 amide bonds. The van der Waals surface area contributed by atoms with E-state index in [9.17, 15) is 37.5 Å². The summed E-state index contributed by atoms with van der Waals surface area (Å²) in [6.45, 7) is 6.07. The van der Waals surface area contributed by atoms with Gasteiger partial charge in [-0.15, -0.1) is 0 Å². The van der Waals surface area contributed by atoms with E-state index in [0.717, 1.165) is 40.2 Å². The van der Waals surface area contributed by atoms with Gasteiger partial charge in [-0.3, -0.25) is 28.2 Å². The molecule has 222 valence electrons. The second-order valence-electron chi connectivity index (χ2n) is 9.12. The molecule has 0 radical (unpaired) electrons. The first-order valence-corrected chi connectivity index (χ1v) is 13.4. The highest BCUT2D eigenvalue weighted by molar-refractivity contribution is 7.86. The smallest absolute Gasteiger partial charge is 0.303 e. The van der Waals surface area contributed by atoms with Gasteiger partial charge in [0.05, 0.1) is 11.5 Å². The molecule has 1 aliphatic carbocycles. The molecule has 6 atom stereocenters. The van der Waals surface area contributed by atoms with Crippen molar-refractivity contribution in [3.63, 3.8) is 0 Å². The summed E-state index contributed by atoms with van der Waals surface area (Å²) in [5.74, 6) is -4.75. The number of rotatable bonds is 10. The Bertz CT molecular complexity index is 1220. The van der Waals surface area contributed by atoms with E-state index in [4.69, 9.17) is 27.9 Å². The molecule has 1 aromatic carbocycles. The number of hydrogen-bond acceptors (Lipinski definition) is 14. The Morgan fingerprint density at radius 2 is 1.18 bits per heavy atom. The molecule has 15 heteroatoms. The predicted octanol–water partition coefficient (Wildman–Crippen LogP) is 0.494. The molecule has 14 nitrogen and oxygen atoms in total. The van der Waals surface area contributed by atoms with Gasteiger partial charge in [-0.25, -0.2) is 0 Å². The third-order valence-electron chi connectivity index (χ3n) is 5.78. The first kappa shape index (κ1) is 32.7. The molecule has 0 aromatic heterocycles. The quantitative estimate of drug-likeness (QED) is 0.225. The Hall–Kier alpha value is -3.56. The van der Waals surface area contributed by atoms with Crippen molar-refractivity contribution >= 4 is 40.0 Å². The fraction of sp³-hybridized carbons (Fsp3) is 0.560. The Morgan fingerprint density at radius 3 is 1.62 bits per heavy atom. The van der Waals surface area contributed by atoms with Gasteiger partial charge >= 0.3 is 29.8 Å². The minimum absolute atomic E-state index is 0.350. The van der Waals surface area contributed by atoms with Crippen LogP contribution in [0.4, 0.5) is 0 Å². The maximum Gasteiger partial charge on any atom is 0.303 e. The molecule has 0 saturated heterocycles. The summed E-state index contributed by atoms with van der Waals surface area (Å²) in [6, 6.07) is 5.41. The molecule has 1 aliphatic rings. The zero-order chi connectivity index (χ0) is 30.4. The van der Waals surface area contributed by atoms with E-state index >= 15 is 0 Å². The van der Waals surface area contributed by atoms with Crippen molar-refractivity contribution in [2.45, 2.75) is 89.0 Å². The number of benzene rings is 1. The SMILES string of the molecule is CC(=O)OCC[C@@]1(O)C(OC(C)=O)C(OC(C)=O)[C@H](OC(C)=O)C(OC(C)=O)[C@@H]1OS(=O)(=O)c1ccc(C)cc1. The molecule has 1 saturated carbocycles. The summed E-state index contributed by atoms with van der Waals surface area (Å²) in [7, 11) is -4.75. The largest absolute Gasteiger partial charge is 0.466 e. The molecule has 1 fully saturated rings. The minimum Gasteiger partial charge on any atom is -0.466 e. The molecule has 0 aliphatic heterocycles. The molecule has 1 aromatic rings. The average molecular weight is 589 g/mol. The maximum atomic E-state index is 13.4. The number of aryl methyl sites for hydroxylation is 1. The molecular weight excluding hydrogens is 556 g/mol. The second kappa shape index (κ2) is 13.2. The van der Waals surface area contributed by atoms with Crippen LogP contribution in [0, 0.1) is 6.92 Å². The molecule has 1 N–H and O–H groups in total. The molecular formula is C25H32O14S. The summed E-state index contributed by atoms with van der Waals surface area (Å²) in [4.78, 5) is 59.5. The third-order valence-corrected chi connectivity index (χ3v) is 7.09. The monoisotopic (exact) mass is 588 g/mol. The normalized spacial score (nSPS) is 26.2. The summed E-state index contributed by atoms with van der Waals surface area (Å²) in [6.07, 6.45) is -10.3. The summed E-state index contributed by atoms with van der Waals surface area (Å²) in [5.41, 5.74) is -1.95. The van der Waals surface area contributed by atoms with Crippen molar-refractivity contribution < 1.29 is 65.4 Å². The molecule has 0 spiro atoms. The number of carbonyl (C=O) groups is 5. The second-order valence-corrected chi connectivity index (χ2v) is 10.7.